The van der Waals surface area contributed by atoms with Crippen molar-refractivity contribution >= 4 is 5.91 Å². The summed E-state index contributed by atoms with van der Waals surface area (Å²) in [5, 5.41) is 0. The van der Waals surface area contributed by atoms with E-state index in [1.54, 1.807) is 6.20 Å². The third-order valence-electron chi connectivity index (χ3n) is 4.45. The van der Waals surface area contributed by atoms with Gasteiger partial charge in [0.15, 0.2) is 0 Å². The Morgan fingerprint density at radius 1 is 1.32 bits per heavy atom. The Kier molecular flexibility index (Phi) is 3.13. The molecule has 1 fully saturated rings. The van der Waals surface area contributed by atoms with E-state index in [4.69, 9.17) is 0 Å². The lowest BCUT2D eigenvalue weighted by atomic mass is 9.83. The minimum absolute atomic E-state index is 0.151. The fourth-order valence-electron chi connectivity index (χ4n) is 3.33. The second-order valence-electron chi connectivity index (χ2n) is 5.86. The van der Waals surface area contributed by atoms with Crippen LogP contribution in [-0.4, -0.2) is 28.9 Å². The topological polar surface area (TPSA) is 33.2 Å². The van der Waals surface area contributed by atoms with E-state index in [0.29, 0.717) is 11.8 Å². The summed E-state index contributed by atoms with van der Waals surface area (Å²) in [6.07, 6.45) is 6.36. The van der Waals surface area contributed by atoms with Gasteiger partial charge in [0, 0.05) is 25.0 Å². The molecule has 1 saturated heterocycles. The number of pyridine rings is 1. The van der Waals surface area contributed by atoms with Crippen LogP contribution in [0, 0.1) is 18.8 Å². The third-order valence-corrected chi connectivity index (χ3v) is 4.45. The van der Waals surface area contributed by atoms with Crippen molar-refractivity contribution in [2.24, 2.45) is 11.8 Å². The molecule has 2 atom stereocenters. The largest absolute Gasteiger partial charge is 0.338 e. The van der Waals surface area contributed by atoms with Crippen molar-refractivity contribution < 1.29 is 4.79 Å². The molecule has 0 unspecified atom stereocenters. The van der Waals surface area contributed by atoms with Gasteiger partial charge in [0.1, 0.15) is 0 Å². The van der Waals surface area contributed by atoms with Gasteiger partial charge in [-0.05, 0) is 50.7 Å². The molecule has 0 aromatic carbocycles. The van der Waals surface area contributed by atoms with Gasteiger partial charge in [-0.1, -0.05) is 11.6 Å². The van der Waals surface area contributed by atoms with E-state index in [9.17, 15) is 4.79 Å². The first-order chi connectivity index (χ1) is 9.15. The van der Waals surface area contributed by atoms with Crippen LogP contribution in [-0.2, 0) is 0 Å². The Hall–Kier alpha value is -1.64. The molecular weight excluding hydrogens is 236 g/mol. The van der Waals surface area contributed by atoms with E-state index in [-0.39, 0.29) is 5.91 Å². The second kappa shape index (κ2) is 4.80. The van der Waals surface area contributed by atoms with Crippen molar-refractivity contribution in [3.8, 4) is 0 Å². The summed E-state index contributed by atoms with van der Waals surface area (Å²) >= 11 is 0. The molecule has 2 aliphatic rings. The lowest BCUT2D eigenvalue weighted by molar-refractivity contribution is 0.0783. The van der Waals surface area contributed by atoms with Gasteiger partial charge in [0.05, 0.1) is 5.56 Å². The number of aromatic nitrogens is 1. The Balaban J connectivity index is 1.76. The van der Waals surface area contributed by atoms with Gasteiger partial charge in [0.25, 0.3) is 5.91 Å². The molecule has 1 aromatic rings. The van der Waals surface area contributed by atoms with E-state index < -0.39 is 0 Å². The molecule has 0 radical (unpaired) electrons. The molecule has 3 heteroatoms. The zero-order valence-electron chi connectivity index (χ0n) is 11.6. The van der Waals surface area contributed by atoms with Crippen molar-refractivity contribution in [1.29, 1.82) is 0 Å². The first-order valence-corrected chi connectivity index (χ1v) is 7.01. The Labute approximate surface area is 114 Å². The molecule has 1 aromatic heterocycles. The van der Waals surface area contributed by atoms with Gasteiger partial charge in [-0.2, -0.15) is 0 Å². The SMILES string of the molecule is CC1=CC[C@H]2CN(C(=O)c3cccnc3C)C[C@H]2C1. The first kappa shape index (κ1) is 12.4. The highest BCUT2D eigenvalue weighted by atomic mass is 16.2. The van der Waals surface area contributed by atoms with Crippen LogP contribution in [0.4, 0.5) is 0 Å². The van der Waals surface area contributed by atoms with Crippen molar-refractivity contribution in [2.75, 3.05) is 13.1 Å². The molecule has 1 aliphatic heterocycles. The smallest absolute Gasteiger partial charge is 0.255 e. The van der Waals surface area contributed by atoms with Crippen LogP contribution in [0.5, 0.6) is 0 Å². The second-order valence-corrected chi connectivity index (χ2v) is 5.86. The van der Waals surface area contributed by atoms with Gasteiger partial charge in [-0.25, -0.2) is 0 Å². The molecule has 1 aliphatic carbocycles. The molecule has 19 heavy (non-hydrogen) atoms. The molecule has 0 spiro atoms. The fourth-order valence-corrected chi connectivity index (χ4v) is 3.33. The Morgan fingerprint density at radius 2 is 2.11 bits per heavy atom. The molecule has 3 rings (SSSR count). The van der Waals surface area contributed by atoms with Crippen molar-refractivity contribution in [3.05, 3.63) is 41.2 Å². The first-order valence-electron chi connectivity index (χ1n) is 7.01. The maximum Gasteiger partial charge on any atom is 0.255 e. The molecule has 1 amide bonds. The maximum absolute atomic E-state index is 12.6. The number of fused-ring (bicyclic) bond motifs is 1. The Bertz CT molecular complexity index is 535. The van der Waals surface area contributed by atoms with Gasteiger partial charge >= 0.3 is 0 Å². The molecule has 2 heterocycles. The Morgan fingerprint density at radius 3 is 2.89 bits per heavy atom. The number of rotatable bonds is 1. The van der Waals surface area contributed by atoms with Gasteiger partial charge in [0.2, 0.25) is 0 Å². The van der Waals surface area contributed by atoms with Gasteiger partial charge in [-0.3, -0.25) is 9.78 Å². The minimum atomic E-state index is 0.151. The number of hydrogen-bond acceptors (Lipinski definition) is 2. The van der Waals surface area contributed by atoms with Gasteiger partial charge < -0.3 is 4.90 Å². The third kappa shape index (κ3) is 2.29. The number of allylic oxidation sites excluding steroid dienone is 2. The summed E-state index contributed by atoms with van der Waals surface area (Å²) in [4.78, 5) is 18.8. The highest BCUT2D eigenvalue weighted by molar-refractivity contribution is 5.95. The quantitative estimate of drug-likeness (QED) is 0.724. The summed E-state index contributed by atoms with van der Waals surface area (Å²) in [7, 11) is 0. The van der Waals surface area contributed by atoms with E-state index in [0.717, 1.165) is 37.2 Å². The van der Waals surface area contributed by atoms with Crippen molar-refractivity contribution in [1.82, 2.24) is 9.88 Å². The van der Waals surface area contributed by atoms with E-state index in [1.807, 2.05) is 24.0 Å². The number of aryl methyl sites for hydroxylation is 1. The molecule has 3 nitrogen and oxygen atoms in total. The molecule has 0 N–H and O–H groups in total. The lowest BCUT2D eigenvalue weighted by Gasteiger charge is -2.21. The number of carbonyl (C=O) groups excluding carboxylic acids is 1. The predicted octanol–water partition coefficient (Wildman–Crippen LogP) is 2.82. The average molecular weight is 256 g/mol. The number of hydrogen-bond donors (Lipinski definition) is 0. The standard InChI is InChI=1S/C16H20N2O/c1-11-5-6-13-9-18(10-14(13)8-11)16(19)15-4-3-7-17-12(15)2/h3-5,7,13-14H,6,8-10H2,1-2H3/t13-,14+/m0/s1. The van der Waals surface area contributed by atoms with Crippen LogP contribution in [0.15, 0.2) is 30.0 Å². The molecule has 0 bridgehead atoms. The lowest BCUT2D eigenvalue weighted by Crippen LogP contribution is -2.29. The van der Waals surface area contributed by atoms with Crippen LogP contribution in [0.1, 0.15) is 35.8 Å². The highest BCUT2D eigenvalue weighted by Crippen LogP contribution is 2.36. The minimum Gasteiger partial charge on any atom is -0.338 e. The predicted molar refractivity (Wildman–Crippen MR) is 74.8 cm³/mol. The average Bonchev–Trinajstić information content (AvgIpc) is 2.81. The van der Waals surface area contributed by atoms with E-state index >= 15 is 0 Å². The fraction of sp³-hybridized carbons (Fsp3) is 0.500. The van der Waals surface area contributed by atoms with Crippen molar-refractivity contribution in [3.63, 3.8) is 0 Å². The van der Waals surface area contributed by atoms with Crippen LogP contribution in [0.25, 0.3) is 0 Å². The number of nitrogens with zero attached hydrogens (tertiary/aromatic N) is 2. The monoisotopic (exact) mass is 256 g/mol. The number of amides is 1. The summed E-state index contributed by atoms with van der Waals surface area (Å²) in [6, 6.07) is 3.73. The summed E-state index contributed by atoms with van der Waals surface area (Å²) in [5.41, 5.74) is 3.07. The maximum atomic E-state index is 12.6. The normalized spacial score (nSPS) is 26.0. The van der Waals surface area contributed by atoms with Crippen LogP contribution in [0.2, 0.25) is 0 Å². The summed E-state index contributed by atoms with van der Waals surface area (Å²) in [6.45, 7) is 5.92. The molecule has 0 saturated carbocycles. The van der Waals surface area contributed by atoms with E-state index in [2.05, 4.69) is 18.0 Å². The molecular formula is C16H20N2O. The van der Waals surface area contributed by atoms with Crippen LogP contribution >= 0.6 is 0 Å². The number of carbonyl (C=O) groups is 1. The van der Waals surface area contributed by atoms with Gasteiger partial charge in [-0.15, -0.1) is 0 Å². The summed E-state index contributed by atoms with van der Waals surface area (Å²) in [5.74, 6) is 1.47. The van der Waals surface area contributed by atoms with Crippen LogP contribution in [0.3, 0.4) is 0 Å². The van der Waals surface area contributed by atoms with E-state index in [1.165, 1.54) is 5.57 Å². The number of likely N-dealkylation sites (tertiary alicyclic amines) is 1. The zero-order valence-corrected chi connectivity index (χ0v) is 11.6. The molecule has 100 valence electrons. The zero-order chi connectivity index (χ0) is 13.4. The summed E-state index contributed by atoms with van der Waals surface area (Å²) < 4.78 is 0. The highest BCUT2D eigenvalue weighted by Gasteiger charge is 2.36. The van der Waals surface area contributed by atoms with Crippen molar-refractivity contribution in [2.45, 2.75) is 26.7 Å². The van der Waals surface area contributed by atoms with Crippen LogP contribution < -0.4 is 0 Å².